The highest BCUT2D eigenvalue weighted by Crippen LogP contribution is 2.39. The molecule has 1 saturated heterocycles. The van der Waals surface area contributed by atoms with Gasteiger partial charge in [-0.1, -0.05) is 30.3 Å². The summed E-state index contributed by atoms with van der Waals surface area (Å²) >= 11 is 0. The van der Waals surface area contributed by atoms with Crippen LogP contribution in [0, 0.1) is 0 Å². The molecule has 3 N–H and O–H groups in total. The van der Waals surface area contributed by atoms with Crippen LogP contribution in [0.1, 0.15) is 32.8 Å². The van der Waals surface area contributed by atoms with Gasteiger partial charge in [-0.3, -0.25) is 4.90 Å². The van der Waals surface area contributed by atoms with Gasteiger partial charge in [0.15, 0.2) is 5.54 Å². The fourth-order valence-electron chi connectivity index (χ4n) is 3.16. The first-order valence-corrected chi connectivity index (χ1v) is 8.13. The zero-order valence-electron chi connectivity index (χ0n) is 14.7. The minimum absolute atomic E-state index is 0.00469. The predicted octanol–water partition coefficient (Wildman–Crippen LogP) is 1.42. The molecule has 1 fully saturated rings. The predicted molar refractivity (Wildman–Crippen MR) is 90.1 cm³/mol. The molecule has 0 bridgehead atoms. The number of hydrogen-bond donors (Lipinski definition) is 3. The number of rotatable bonds is 4. The Bertz CT molecular complexity index is 641. The Morgan fingerprint density at radius 3 is 2.32 bits per heavy atom. The number of hydrogen-bond acceptors (Lipinski definition) is 5. The van der Waals surface area contributed by atoms with Crippen molar-refractivity contribution in [1.82, 2.24) is 4.90 Å². The molecule has 1 aromatic carbocycles. The molecule has 7 heteroatoms. The van der Waals surface area contributed by atoms with E-state index in [1.807, 2.05) is 0 Å². The minimum atomic E-state index is -1.69. The van der Waals surface area contributed by atoms with E-state index in [9.17, 15) is 24.9 Å². The molecule has 138 valence electrons. The molecule has 0 aliphatic carbocycles. The summed E-state index contributed by atoms with van der Waals surface area (Å²) in [6, 6.07) is 8.87. The average molecular weight is 351 g/mol. The van der Waals surface area contributed by atoms with Crippen LogP contribution >= 0.6 is 0 Å². The maximum atomic E-state index is 12.6. The third-order valence-corrected chi connectivity index (χ3v) is 4.24. The van der Waals surface area contributed by atoms with Gasteiger partial charge in [0.1, 0.15) is 11.2 Å². The molecular formula is C18H25NO6. The zero-order valence-corrected chi connectivity index (χ0v) is 14.7. The molecule has 0 spiro atoms. The lowest BCUT2D eigenvalue weighted by Crippen LogP contribution is -2.55. The number of likely N-dealkylation sites (tertiary alicyclic amines) is 1. The molecule has 1 aromatic rings. The molecule has 0 unspecified atom stereocenters. The number of carbonyl (C=O) groups is 2. The van der Waals surface area contributed by atoms with Crippen molar-refractivity contribution in [1.29, 1.82) is 0 Å². The number of nitrogens with zero attached hydrogens (tertiary/aromatic N) is 1. The van der Waals surface area contributed by atoms with Gasteiger partial charge in [-0.25, -0.2) is 9.59 Å². The lowest BCUT2D eigenvalue weighted by atomic mass is 9.84. The molecule has 1 aliphatic rings. The van der Waals surface area contributed by atoms with E-state index in [4.69, 9.17) is 4.74 Å². The van der Waals surface area contributed by atoms with Crippen LogP contribution in [0.2, 0.25) is 0 Å². The van der Waals surface area contributed by atoms with Crippen molar-refractivity contribution in [2.24, 2.45) is 0 Å². The van der Waals surface area contributed by atoms with Gasteiger partial charge in [0.25, 0.3) is 0 Å². The second kappa shape index (κ2) is 6.65. The molecule has 25 heavy (non-hydrogen) atoms. The van der Waals surface area contributed by atoms with E-state index < -0.39 is 35.4 Å². The van der Waals surface area contributed by atoms with Gasteiger partial charge in [0.2, 0.25) is 0 Å². The summed E-state index contributed by atoms with van der Waals surface area (Å²) in [6.07, 6.45) is -1.10. The van der Waals surface area contributed by atoms with Gasteiger partial charge in [0, 0.05) is 12.8 Å². The van der Waals surface area contributed by atoms with E-state index in [0.29, 0.717) is 5.56 Å². The lowest BCUT2D eigenvalue weighted by Gasteiger charge is -2.35. The molecule has 0 saturated carbocycles. The number of aliphatic hydroxyl groups excluding tert-OH is 1. The molecule has 2 rings (SSSR count). The normalized spacial score (nSPS) is 26.5. The Labute approximate surface area is 146 Å². The van der Waals surface area contributed by atoms with Crippen LogP contribution in [-0.2, 0) is 16.0 Å². The van der Waals surface area contributed by atoms with Crippen molar-refractivity contribution >= 4 is 12.1 Å². The number of carboxylic acid groups (broad SMARTS) is 1. The highest BCUT2D eigenvalue weighted by atomic mass is 16.6. The van der Waals surface area contributed by atoms with Crippen LogP contribution in [0.25, 0.3) is 0 Å². The zero-order chi connectivity index (χ0) is 18.9. The van der Waals surface area contributed by atoms with Crippen molar-refractivity contribution < 1.29 is 29.6 Å². The number of carbonyl (C=O) groups excluding carboxylic acids is 1. The summed E-state index contributed by atoms with van der Waals surface area (Å²) in [6.45, 7) is 4.09. The third kappa shape index (κ3) is 4.11. The van der Waals surface area contributed by atoms with Gasteiger partial charge in [-0.15, -0.1) is 0 Å². The molecule has 0 radical (unpaired) electrons. The van der Waals surface area contributed by atoms with Crippen LogP contribution in [0.3, 0.4) is 0 Å². The van der Waals surface area contributed by atoms with Crippen molar-refractivity contribution in [2.45, 2.75) is 50.4 Å². The highest BCUT2D eigenvalue weighted by molar-refractivity contribution is 5.86. The standard InChI is InChI=1S/C18H25NO6/c1-16(2,3)25-15(23)19-11-17(24,12-20)10-18(19,14(21)22)9-13-7-5-4-6-8-13/h4-8,20,24H,9-12H2,1-3H3,(H,21,22)/t17-,18+/m1/s1. The maximum Gasteiger partial charge on any atom is 0.411 e. The van der Waals surface area contributed by atoms with Crippen molar-refractivity contribution in [3.63, 3.8) is 0 Å². The third-order valence-electron chi connectivity index (χ3n) is 4.24. The Kier molecular flexibility index (Phi) is 5.11. The quantitative estimate of drug-likeness (QED) is 0.757. The largest absolute Gasteiger partial charge is 0.479 e. The van der Waals surface area contributed by atoms with Crippen LogP contribution in [0.5, 0.6) is 0 Å². The van der Waals surface area contributed by atoms with Crippen LogP contribution in [-0.4, -0.2) is 62.2 Å². The molecule has 7 nitrogen and oxygen atoms in total. The first-order chi connectivity index (χ1) is 11.5. The van der Waals surface area contributed by atoms with Gasteiger partial charge < -0.3 is 20.1 Å². The number of benzene rings is 1. The summed E-state index contributed by atoms with van der Waals surface area (Å²) < 4.78 is 5.33. The Balaban J connectivity index is 2.44. The number of aliphatic hydroxyl groups is 2. The summed E-state index contributed by atoms with van der Waals surface area (Å²) in [5.74, 6) is -1.24. The summed E-state index contributed by atoms with van der Waals surface area (Å²) in [7, 11) is 0. The van der Waals surface area contributed by atoms with Gasteiger partial charge >= 0.3 is 12.1 Å². The number of aliphatic carboxylic acids is 1. The number of β-amino-alcohol motifs (C(OH)–C–C–N with tert-alkyl or cyclic N) is 1. The molecule has 1 amide bonds. The Morgan fingerprint density at radius 2 is 1.84 bits per heavy atom. The van der Waals surface area contributed by atoms with E-state index in [1.165, 1.54) is 0 Å². The topological polar surface area (TPSA) is 107 Å². The number of carboxylic acids is 1. The minimum Gasteiger partial charge on any atom is -0.479 e. The van der Waals surface area contributed by atoms with Crippen LogP contribution < -0.4 is 0 Å². The molecule has 0 aromatic heterocycles. The number of amides is 1. The van der Waals surface area contributed by atoms with Crippen molar-refractivity contribution in [3.05, 3.63) is 35.9 Å². The molecule has 1 aliphatic heterocycles. The van der Waals surface area contributed by atoms with Crippen LogP contribution in [0.4, 0.5) is 4.79 Å². The molecule has 2 atom stereocenters. The second-order valence-electron chi connectivity index (χ2n) is 7.62. The van der Waals surface area contributed by atoms with Gasteiger partial charge in [-0.05, 0) is 26.3 Å². The first kappa shape index (κ1) is 19.2. The van der Waals surface area contributed by atoms with Gasteiger partial charge in [-0.2, -0.15) is 0 Å². The van der Waals surface area contributed by atoms with E-state index in [-0.39, 0.29) is 19.4 Å². The van der Waals surface area contributed by atoms with Crippen molar-refractivity contribution in [3.8, 4) is 0 Å². The number of ether oxygens (including phenoxy) is 1. The monoisotopic (exact) mass is 351 g/mol. The first-order valence-electron chi connectivity index (χ1n) is 8.13. The molecular weight excluding hydrogens is 326 g/mol. The SMILES string of the molecule is CC(C)(C)OC(=O)N1C[C@@](O)(CO)C[C@@]1(Cc1ccccc1)C(=O)O. The highest BCUT2D eigenvalue weighted by Gasteiger charge is 2.59. The maximum absolute atomic E-state index is 12.6. The average Bonchev–Trinajstić information content (AvgIpc) is 2.82. The molecule has 1 heterocycles. The van der Waals surface area contributed by atoms with Crippen LogP contribution in [0.15, 0.2) is 30.3 Å². The summed E-state index contributed by atoms with van der Waals surface area (Å²) in [5, 5.41) is 30.0. The lowest BCUT2D eigenvalue weighted by molar-refractivity contribution is -0.149. The van der Waals surface area contributed by atoms with Crippen molar-refractivity contribution in [2.75, 3.05) is 13.2 Å². The summed E-state index contributed by atoms with van der Waals surface area (Å²) in [4.78, 5) is 25.8. The van der Waals surface area contributed by atoms with E-state index >= 15 is 0 Å². The fourth-order valence-corrected chi connectivity index (χ4v) is 3.16. The summed E-state index contributed by atoms with van der Waals surface area (Å²) in [5.41, 5.74) is -3.49. The Hall–Kier alpha value is -2.12. The van der Waals surface area contributed by atoms with E-state index in [2.05, 4.69) is 0 Å². The van der Waals surface area contributed by atoms with Gasteiger partial charge in [0.05, 0.1) is 13.2 Å². The fraction of sp³-hybridized carbons (Fsp3) is 0.556. The van der Waals surface area contributed by atoms with E-state index in [1.54, 1.807) is 51.1 Å². The van der Waals surface area contributed by atoms with E-state index in [0.717, 1.165) is 4.90 Å². The second-order valence-corrected chi connectivity index (χ2v) is 7.62. The smallest absolute Gasteiger partial charge is 0.411 e. The Morgan fingerprint density at radius 1 is 1.24 bits per heavy atom.